The molecule has 2 N–H and O–H groups in total. The van der Waals surface area contributed by atoms with Crippen LogP contribution in [0.4, 0.5) is 4.79 Å². The number of alkyl carbamates (subject to hydrolysis) is 1. The maximum absolute atomic E-state index is 11.6. The van der Waals surface area contributed by atoms with E-state index in [-0.39, 0.29) is 5.92 Å². The summed E-state index contributed by atoms with van der Waals surface area (Å²) in [5.41, 5.74) is 0.633. The number of ether oxygens (including phenoxy) is 1. The molecule has 1 aromatic carbocycles. The lowest BCUT2D eigenvalue weighted by Gasteiger charge is -2.23. The minimum atomic E-state index is -0.510. The number of benzene rings is 1. The van der Waals surface area contributed by atoms with Crippen molar-refractivity contribution in [2.45, 2.75) is 45.8 Å². The Morgan fingerprint density at radius 3 is 2.40 bits per heavy atom. The molecular weight excluding hydrogens is 254 g/mol. The van der Waals surface area contributed by atoms with Crippen LogP contribution in [0, 0.1) is 5.92 Å². The van der Waals surface area contributed by atoms with Gasteiger partial charge in [-0.25, -0.2) is 4.79 Å². The largest absolute Gasteiger partial charge is 0.444 e. The lowest BCUT2D eigenvalue weighted by atomic mass is 9.95. The van der Waals surface area contributed by atoms with E-state index >= 15 is 0 Å². The zero-order valence-electron chi connectivity index (χ0n) is 12.7. The van der Waals surface area contributed by atoms with E-state index in [1.807, 2.05) is 51.1 Å². The van der Waals surface area contributed by atoms with Crippen LogP contribution in [-0.4, -0.2) is 29.4 Å². The smallest absolute Gasteiger partial charge is 0.407 e. The fourth-order valence-electron chi connectivity index (χ4n) is 1.86. The van der Waals surface area contributed by atoms with Crippen LogP contribution in [0.25, 0.3) is 0 Å². The van der Waals surface area contributed by atoms with Crippen LogP contribution in [0.1, 0.15) is 33.3 Å². The molecule has 20 heavy (non-hydrogen) atoms. The van der Waals surface area contributed by atoms with Gasteiger partial charge < -0.3 is 15.2 Å². The molecule has 0 aliphatic heterocycles. The van der Waals surface area contributed by atoms with Gasteiger partial charge in [-0.1, -0.05) is 30.3 Å². The standard InChI is InChI=1S/C16H25NO3/c1-12(18)14(10-13-8-6-5-7-9-13)11-17-15(19)20-16(2,3)4/h5-9,12,14,18H,10-11H2,1-4H3,(H,17,19)/t12-,14+/m0/s1. The van der Waals surface area contributed by atoms with Gasteiger partial charge >= 0.3 is 6.09 Å². The third kappa shape index (κ3) is 6.57. The van der Waals surface area contributed by atoms with Crippen LogP contribution in [0.2, 0.25) is 0 Å². The Kier molecular flexibility index (Phi) is 6.02. The van der Waals surface area contributed by atoms with Crippen molar-refractivity contribution in [2.24, 2.45) is 5.92 Å². The Bertz CT molecular complexity index is 409. The van der Waals surface area contributed by atoms with Crippen molar-refractivity contribution in [1.29, 1.82) is 0 Å². The first-order valence-electron chi connectivity index (χ1n) is 6.97. The molecule has 0 aliphatic carbocycles. The molecule has 0 fully saturated rings. The molecule has 2 atom stereocenters. The summed E-state index contributed by atoms with van der Waals surface area (Å²) in [6, 6.07) is 9.93. The van der Waals surface area contributed by atoms with Gasteiger partial charge in [-0.2, -0.15) is 0 Å². The molecule has 1 amide bonds. The number of hydrogen-bond acceptors (Lipinski definition) is 3. The van der Waals surface area contributed by atoms with Crippen molar-refractivity contribution in [3.8, 4) is 0 Å². The normalized spacial score (nSPS) is 14.4. The monoisotopic (exact) mass is 279 g/mol. The van der Waals surface area contributed by atoms with Gasteiger partial charge in [-0.05, 0) is 39.7 Å². The number of aliphatic hydroxyl groups excluding tert-OH is 1. The highest BCUT2D eigenvalue weighted by Crippen LogP contribution is 2.12. The fourth-order valence-corrected chi connectivity index (χ4v) is 1.86. The van der Waals surface area contributed by atoms with Crippen LogP contribution in [0.15, 0.2) is 30.3 Å². The predicted molar refractivity (Wildman–Crippen MR) is 79.6 cm³/mol. The molecule has 0 heterocycles. The summed E-state index contributed by atoms with van der Waals surface area (Å²) >= 11 is 0. The minimum Gasteiger partial charge on any atom is -0.444 e. The first-order chi connectivity index (χ1) is 9.28. The van der Waals surface area contributed by atoms with Crippen LogP contribution in [0.3, 0.4) is 0 Å². The van der Waals surface area contributed by atoms with Gasteiger partial charge in [0, 0.05) is 12.5 Å². The van der Waals surface area contributed by atoms with Crippen molar-refractivity contribution < 1.29 is 14.6 Å². The van der Waals surface area contributed by atoms with Crippen LogP contribution in [-0.2, 0) is 11.2 Å². The summed E-state index contributed by atoms with van der Waals surface area (Å²) in [6.45, 7) is 7.60. The molecule has 0 saturated heterocycles. The molecule has 4 heteroatoms. The molecule has 0 bridgehead atoms. The van der Waals surface area contributed by atoms with Gasteiger partial charge in [0.25, 0.3) is 0 Å². The lowest BCUT2D eigenvalue weighted by Crippen LogP contribution is -2.38. The number of aliphatic hydroxyl groups is 1. The first kappa shape index (κ1) is 16.5. The van der Waals surface area contributed by atoms with Gasteiger partial charge in [-0.3, -0.25) is 0 Å². The van der Waals surface area contributed by atoms with E-state index in [1.54, 1.807) is 6.92 Å². The van der Waals surface area contributed by atoms with Crippen molar-refractivity contribution in [1.82, 2.24) is 5.32 Å². The second kappa shape index (κ2) is 7.29. The maximum atomic E-state index is 11.6. The fraction of sp³-hybridized carbons (Fsp3) is 0.562. The van der Waals surface area contributed by atoms with Gasteiger partial charge in [0.05, 0.1) is 6.10 Å². The zero-order valence-corrected chi connectivity index (χ0v) is 12.7. The second-order valence-electron chi connectivity index (χ2n) is 6.07. The van der Waals surface area contributed by atoms with Crippen molar-refractivity contribution in [3.05, 3.63) is 35.9 Å². The summed E-state index contributed by atoms with van der Waals surface area (Å²) < 4.78 is 5.19. The second-order valence-corrected chi connectivity index (χ2v) is 6.07. The highest BCUT2D eigenvalue weighted by Gasteiger charge is 2.20. The molecule has 1 aromatic rings. The van der Waals surface area contributed by atoms with Crippen molar-refractivity contribution >= 4 is 6.09 Å². The number of amides is 1. The Labute approximate surface area is 121 Å². The highest BCUT2D eigenvalue weighted by molar-refractivity contribution is 5.67. The average molecular weight is 279 g/mol. The van der Waals surface area contributed by atoms with E-state index in [2.05, 4.69) is 5.32 Å². The van der Waals surface area contributed by atoms with Crippen LogP contribution in [0.5, 0.6) is 0 Å². The Hall–Kier alpha value is -1.55. The summed E-state index contributed by atoms with van der Waals surface area (Å²) in [4.78, 5) is 11.6. The molecule has 0 aromatic heterocycles. The number of hydrogen-bond donors (Lipinski definition) is 2. The Morgan fingerprint density at radius 2 is 1.90 bits per heavy atom. The molecule has 112 valence electrons. The molecule has 4 nitrogen and oxygen atoms in total. The van der Waals surface area contributed by atoms with E-state index in [0.717, 1.165) is 5.56 Å². The molecule has 0 aliphatic rings. The molecule has 0 unspecified atom stereocenters. The SMILES string of the molecule is C[C@H](O)[C@@H](CNC(=O)OC(C)(C)C)Cc1ccccc1. The van der Waals surface area contributed by atoms with Gasteiger partial charge in [-0.15, -0.1) is 0 Å². The summed E-state index contributed by atoms with van der Waals surface area (Å²) in [7, 11) is 0. The highest BCUT2D eigenvalue weighted by atomic mass is 16.6. The van der Waals surface area contributed by atoms with Gasteiger partial charge in [0.2, 0.25) is 0 Å². The molecular formula is C16H25NO3. The molecule has 1 rings (SSSR count). The van der Waals surface area contributed by atoms with E-state index < -0.39 is 17.8 Å². The molecule has 0 radical (unpaired) electrons. The third-order valence-electron chi connectivity index (χ3n) is 2.93. The predicted octanol–water partition coefficient (Wildman–Crippen LogP) is 2.75. The minimum absolute atomic E-state index is 0.0371. The molecule has 0 saturated carbocycles. The Balaban J connectivity index is 2.50. The number of carbonyl (C=O) groups excluding carboxylic acids is 1. The van der Waals surface area contributed by atoms with Crippen molar-refractivity contribution in [3.63, 3.8) is 0 Å². The van der Waals surface area contributed by atoms with Crippen molar-refractivity contribution in [2.75, 3.05) is 6.54 Å². The summed E-state index contributed by atoms with van der Waals surface area (Å²) in [5.74, 6) is -0.0371. The number of rotatable bonds is 5. The number of carbonyl (C=O) groups is 1. The van der Waals surface area contributed by atoms with Crippen LogP contribution < -0.4 is 5.32 Å². The average Bonchev–Trinajstić information content (AvgIpc) is 2.33. The van der Waals surface area contributed by atoms with Crippen LogP contribution >= 0.6 is 0 Å². The summed E-state index contributed by atoms with van der Waals surface area (Å²) in [6.07, 6.45) is -0.227. The van der Waals surface area contributed by atoms with Gasteiger partial charge in [0.1, 0.15) is 5.60 Å². The zero-order chi connectivity index (χ0) is 15.2. The first-order valence-corrected chi connectivity index (χ1v) is 6.97. The molecule has 0 spiro atoms. The lowest BCUT2D eigenvalue weighted by molar-refractivity contribution is 0.0494. The maximum Gasteiger partial charge on any atom is 0.407 e. The Morgan fingerprint density at radius 1 is 1.30 bits per heavy atom. The van der Waals surface area contributed by atoms with E-state index in [4.69, 9.17) is 4.74 Å². The van der Waals surface area contributed by atoms with E-state index in [1.165, 1.54) is 0 Å². The van der Waals surface area contributed by atoms with E-state index in [9.17, 15) is 9.90 Å². The summed E-state index contributed by atoms with van der Waals surface area (Å²) in [5, 5.41) is 12.5. The third-order valence-corrected chi connectivity index (χ3v) is 2.93. The number of nitrogens with one attached hydrogen (secondary N) is 1. The van der Waals surface area contributed by atoms with Gasteiger partial charge in [0.15, 0.2) is 0 Å². The quantitative estimate of drug-likeness (QED) is 0.871. The van der Waals surface area contributed by atoms with E-state index in [0.29, 0.717) is 13.0 Å². The topological polar surface area (TPSA) is 58.6 Å².